The predicted molar refractivity (Wildman–Crippen MR) is 200 cm³/mol. The topological polar surface area (TPSA) is 20.9 Å². The number of carbonyl (C=O) groups is 1. The summed E-state index contributed by atoms with van der Waals surface area (Å²) in [6.45, 7) is 0.352. The molecule has 0 bridgehead atoms. The van der Waals surface area contributed by atoms with E-state index >= 15 is 35.1 Å². The molecule has 0 amide bonds. The first kappa shape index (κ1) is 49.7. The third-order valence-electron chi connectivity index (χ3n) is 10.2. The van der Waals surface area contributed by atoms with Crippen LogP contribution in [-0.2, 0) is 6.54 Å². The van der Waals surface area contributed by atoms with E-state index in [1.54, 1.807) is 0 Å². The van der Waals surface area contributed by atoms with Crippen LogP contribution in [0.25, 0.3) is 11.1 Å². The van der Waals surface area contributed by atoms with Crippen LogP contribution in [0.5, 0.6) is 0 Å². The van der Waals surface area contributed by atoms with Crippen molar-refractivity contribution < 1.29 is 97.2 Å². The highest BCUT2D eigenvalue weighted by molar-refractivity contribution is 9.10. The van der Waals surface area contributed by atoms with Gasteiger partial charge in [-0.2, -0.15) is 4.57 Å². The van der Waals surface area contributed by atoms with Crippen molar-refractivity contribution in [3.05, 3.63) is 206 Å². The van der Waals surface area contributed by atoms with Gasteiger partial charge in [0.05, 0.1) is 0 Å². The van der Waals surface area contributed by atoms with E-state index in [9.17, 15) is 57.5 Å². The molecule has 1 heterocycles. The molecule has 0 saturated heterocycles. The van der Waals surface area contributed by atoms with Crippen molar-refractivity contribution in [3.8, 4) is 11.1 Å². The number of pyridine rings is 1. The molecule has 24 heteroatoms. The predicted octanol–water partition coefficient (Wildman–Crippen LogP) is 10.1. The summed E-state index contributed by atoms with van der Waals surface area (Å²) in [7, 11) is 0. The van der Waals surface area contributed by atoms with Gasteiger partial charge < -0.3 is 0 Å². The van der Waals surface area contributed by atoms with Crippen molar-refractivity contribution in [2.24, 2.45) is 0 Å². The van der Waals surface area contributed by atoms with Crippen molar-refractivity contribution in [1.29, 1.82) is 0 Å². The number of Topliss-reactive ketones (excluding diaryl/α,β-unsaturated/α-hetero) is 1. The van der Waals surface area contributed by atoms with Crippen LogP contribution in [0.4, 0.5) is 87.8 Å². The summed E-state index contributed by atoms with van der Waals surface area (Å²) in [5.74, 6) is -71.3. The van der Waals surface area contributed by atoms with Gasteiger partial charge in [0, 0.05) is 22.2 Å². The Kier molecular flexibility index (Phi) is 14.0. The van der Waals surface area contributed by atoms with E-state index in [4.69, 9.17) is 0 Å². The van der Waals surface area contributed by atoms with Crippen LogP contribution >= 0.6 is 15.9 Å². The van der Waals surface area contributed by atoms with E-state index < -0.39 is 144 Å². The molecule has 0 N–H and O–H groups in total. The summed E-state index contributed by atoms with van der Waals surface area (Å²) in [4.78, 5) is 12.2. The summed E-state index contributed by atoms with van der Waals surface area (Å²) < 4.78 is 297. The van der Waals surface area contributed by atoms with Gasteiger partial charge in [-0.1, -0.05) is 58.4 Å². The number of aromatic nitrogens is 1. The van der Waals surface area contributed by atoms with Crippen LogP contribution in [-0.4, -0.2) is 11.9 Å². The van der Waals surface area contributed by atoms with Crippen LogP contribution in [0.2, 0.25) is 0 Å². The van der Waals surface area contributed by atoms with Gasteiger partial charge in [-0.05, 0) is 23.3 Å². The first-order valence-electron chi connectivity index (χ1n) is 18.0. The molecule has 0 aliphatic carbocycles. The molecule has 1 aromatic heterocycles. The van der Waals surface area contributed by atoms with Crippen LogP contribution in [0.3, 0.4) is 0 Å². The van der Waals surface area contributed by atoms with E-state index in [-0.39, 0.29) is 5.78 Å². The van der Waals surface area contributed by atoms with Crippen molar-refractivity contribution in [1.82, 2.24) is 0 Å². The van der Waals surface area contributed by atoms with E-state index in [1.807, 2.05) is 71.6 Å². The van der Waals surface area contributed by atoms with Gasteiger partial charge >= 0.3 is 0 Å². The van der Waals surface area contributed by atoms with Gasteiger partial charge in [0.25, 0.3) is 0 Å². The molecule has 6 aromatic carbocycles. The fourth-order valence-corrected chi connectivity index (χ4v) is 7.42. The number of halogens is 21. The average molecular weight is 1030 g/mol. The summed E-state index contributed by atoms with van der Waals surface area (Å²) in [5.41, 5.74) is -11.3. The lowest BCUT2D eigenvalue weighted by Gasteiger charge is -2.44. The molecule has 348 valence electrons. The number of ketones is 1. The normalized spacial score (nSPS) is 11.5. The van der Waals surface area contributed by atoms with Gasteiger partial charge in [-0.15, -0.1) is 21.9 Å². The summed E-state index contributed by atoms with van der Waals surface area (Å²) in [5, 5.41) is 0. The fourth-order valence-electron chi connectivity index (χ4n) is 7.15. The van der Waals surface area contributed by atoms with Gasteiger partial charge in [0.1, 0.15) is 52.7 Å². The molecule has 67 heavy (non-hydrogen) atoms. The number of nitrogens with zero attached hydrogens (tertiary/aromatic N) is 1. The van der Waals surface area contributed by atoms with E-state index in [0.717, 1.165) is 21.2 Å². The molecular weight excluding hydrogens is 1020 g/mol. The molecular formula is C43H15BBrF20NO. The van der Waals surface area contributed by atoms with Crippen LogP contribution < -0.4 is 26.4 Å². The Morgan fingerprint density at radius 2 is 0.612 bits per heavy atom. The molecule has 0 aliphatic rings. The first-order chi connectivity index (χ1) is 31.4. The highest BCUT2D eigenvalue weighted by Crippen LogP contribution is 2.31. The zero-order valence-corrected chi connectivity index (χ0v) is 33.7. The van der Waals surface area contributed by atoms with Gasteiger partial charge in [0.15, 0.2) is 82.2 Å². The monoisotopic (exact) mass is 1030 g/mol. The Hall–Kier alpha value is -6.72. The van der Waals surface area contributed by atoms with Gasteiger partial charge in [-0.3, -0.25) is 4.79 Å². The highest BCUT2D eigenvalue weighted by Gasteiger charge is 2.52. The first-order valence-corrected chi connectivity index (χ1v) is 18.8. The maximum absolute atomic E-state index is 15.4. The number of carbonyl (C=O) groups excluding carboxylic acids is 1. The van der Waals surface area contributed by atoms with Crippen LogP contribution in [0.1, 0.15) is 10.4 Å². The Morgan fingerprint density at radius 1 is 0.358 bits per heavy atom. The maximum atomic E-state index is 15.4. The van der Waals surface area contributed by atoms with Crippen molar-refractivity contribution >= 4 is 49.7 Å². The summed E-state index contributed by atoms with van der Waals surface area (Å²) >= 11 is 3.44. The van der Waals surface area contributed by atoms with Crippen LogP contribution in [0.15, 0.2) is 83.6 Å². The number of rotatable bonds is 8. The van der Waals surface area contributed by atoms with E-state index in [2.05, 4.69) is 28.1 Å². The SMILES string of the molecule is Fc1c(F)c(F)c([B-](c2c(F)c(F)c(F)c(F)c2F)(c2c(F)c(F)c(F)c(F)c2F)c2c(F)c(F)c(F)c(F)c2F)c(F)c1F.O=C(C[n+]1ccc(-c2ccc(Br)cc2)cc1)c1ccccc1. The molecule has 0 atom stereocenters. The molecule has 7 aromatic rings. The largest absolute Gasteiger partial charge is 0.287 e. The minimum absolute atomic E-state index is 0.113. The van der Waals surface area contributed by atoms with Crippen molar-refractivity contribution in [3.63, 3.8) is 0 Å². The zero-order chi connectivity index (χ0) is 49.7. The third-order valence-corrected chi connectivity index (χ3v) is 10.7. The number of hydrogen-bond acceptors (Lipinski definition) is 1. The molecule has 7 rings (SSSR count). The second-order valence-electron chi connectivity index (χ2n) is 13.9. The number of hydrogen-bond donors (Lipinski definition) is 0. The Morgan fingerprint density at radius 3 is 0.896 bits per heavy atom. The van der Waals surface area contributed by atoms with E-state index in [0.29, 0.717) is 6.54 Å². The molecule has 2 nitrogen and oxygen atoms in total. The lowest BCUT2D eigenvalue weighted by atomic mass is 9.12. The molecule has 0 fully saturated rings. The van der Waals surface area contributed by atoms with Gasteiger partial charge in [-0.25, -0.2) is 87.8 Å². The van der Waals surface area contributed by atoms with Crippen molar-refractivity contribution in [2.45, 2.75) is 6.54 Å². The third kappa shape index (κ3) is 8.28. The zero-order valence-electron chi connectivity index (χ0n) is 32.1. The Labute approximate surface area is 369 Å². The molecule has 0 aliphatic heterocycles. The second-order valence-corrected chi connectivity index (χ2v) is 14.8. The minimum Gasteiger partial charge on any atom is -0.287 e. The highest BCUT2D eigenvalue weighted by atomic mass is 79.9. The summed E-state index contributed by atoms with van der Waals surface area (Å²) in [6, 6.07) is 21.6. The lowest BCUT2D eigenvalue weighted by Crippen LogP contribution is -2.81. The Balaban J connectivity index is 0.000000279. The molecule has 0 unspecified atom stereocenters. The minimum atomic E-state index is -7.22. The molecule has 0 saturated carbocycles. The second kappa shape index (κ2) is 18.9. The van der Waals surface area contributed by atoms with Gasteiger partial charge in [0.2, 0.25) is 12.3 Å². The van der Waals surface area contributed by atoms with Crippen LogP contribution in [0, 0.1) is 116 Å². The standard InChI is InChI=1S/C24BF20.C19H15BrNO/c26-5-1(6(27)14(35)21(42)13(5)34)25(2-7(28)15(36)22(43)16(37)8(2)29,3-9(30)17(38)23(44)18(39)10(3)31)4-11(32)19(40)24(45)20(41)12(4)33;20-18-8-6-15(7-9-18)16-10-12-21(13-11-16)14-19(22)17-4-2-1-3-5-17/h;1-13H,14H2/q-1;+1. The average Bonchev–Trinajstić information content (AvgIpc) is 3.32. The molecule has 0 spiro atoms. The quantitative estimate of drug-likeness (QED) is 0.0371. The van der Waals surface area contributed by atoms with E-state index in [1.165, 1.54) is 0 Å². The lowest BCUT2D eigenvalue weighted by molar-refractivity contribution is -0.683. The number of benzene rings is 6. The summed E-state index contributed by atoms with van der Waals surface area (Å²) in [6.07, 6.45) is -3.33. The Bertz CT molecular complexity index is 2740. The van der Waals surface area contributed by atoms with Crippen molar-refractivity contribution in [2.75, 3.05) is 0 Å². The fraction of sp³-hybridized carbons (Fsp3) is 0.0233. The maximum Gasteiger partial charge on any atom is 0.227 e. The smallest absolute Gasteiger partial charge is 0.227 e. The molecule has 0 radical (unpaired) electrons.